The summed E-state index contributed by atoms with van der Waals surface area (Å²) in [7, 11) is 2.04. The Bertz CT molecular complexity index is 654. The second-order valence-corrected chi connectivity index (χ2v) is 7.14. The Morgan fingerprint density at radius 2 is 1.96 bits per heavy atom. The fraction of sp³-hybridized carbons (Fsp3) is 0.444. The summed E-state index contributed by atoms with van der Waals surface area (Å²) in [6, 6.07) is 8.33. The molecule has 1 aromatic rings. The standard InChI is InChI=1S/C18H25N3O2/c1-17(2,3)23-16(22)20-19-12-11-15-18(4,5)13-9-7-8-10-14(13)21(15)6/h7-12H,1-6H3,(H,20,22)/b15-11+,19-12?. The molecule has 23 heavy (non-hydrogen) atoms. The van der Waals surface area contributed by atoms with Gasteiger partial charge in [0.2, 0.25) is 0 Å². The monoisotopic (exact) mass is 315 g/mol. The van der Waals surface area contributed by atoms with Crippen molar-refractivity contribution < 1.29 is 9.53 Å². The topological polar surface area (TPSA) is 53.9 Å². The summed E-state index contributed by atoms with van der Waals surface area (Å²) < 4.78 is 5.13. The lowest BCUT2D eigenvalue weighted by atomic mass is 9.84. The van der Waals surface area contributed by atoms with Gasteiger partial charge in [0.1, 0.15) is 5.60 Å². The summed E-state index contributed by atoms with van der Waals surface area (Å²) >= 11 is 0. The van der Waals surface area contributed by atoms with Gasteiger partial charge in [0.05, 0.1) is 0 Å². The van der Waals surface area contributed by atoms with Crippen LogP contribution in [-0.2, 0) is 10.2 Å². The summed E-state index contributed by atoms with van der Waals surface area (Å²) in [4.78, 5) is 13.7. The van der Waals surface area contributed by atoms with Gasteiger partial charge >= 0.3 is 6.09 Å². The minimum Gasteiger partial charge on any atom is -0.443 e. The normalized spacial score (nSPS) is 18.3. The summed E-state index contributed by atoms with van der Waals surface area (Å²) in [5.74, 6) is 0. The van der Waals surface area contributed by atoms with Gasteiger partial charge in [0.25, 0.3) is 0 Å². The van der Waals surface area contributed by atoms with Gasteiger partial charge in [-0.1, -0.05) is 32.0 Å². The van der Waals surface area contributed by atoms with Gasteiger partial charge in [-0.2, -0.15) is 5.10 Å². The van der Waals surface area contributed by atoms with Gasteiger partial charge in [-0.15, -0.1) is 0 Å². The van der Waals surface area contributed by atoms with Crippen molar-refractivity contribution in [1.82, 2.24) is 5.43 Å². The van der Waals surface area contributed by atoms with Crippen LogP contribution in [-0.4, -0.2) is 25.0 Å². The van der Waals surface area contributed by atoms with Crippen molar-refractivity contribution in [3.05, 3.63) is 41.6 Å². The molecule has 0 spiro atoms. The van der Waals surface area contributed by atoms with Crippen molar-refractivity contribution in [2.45, 2.75) is 45.6 Å². The van der Waals surface area contributed by atoms with Crippen LogP contribution in [0.5, 0.6) is 0 Å². The SMILES string of the molecule is CN1/C(=C/C=NNC(=O)OC(C)(C)C)C(C)(C)c2ccccc21. The number of benzene rings is 1. The molecule has 1 amide bonds. The Balaban J connectivity index is 2.09. The molecule has 0 atom stereocenters. The molecule has 1 aliphatic heterocycles. The summed E-state index contributed by atoms with van der Waals surface area (Å²) in [5.41, 5.74) is 5.32. The van der Waals surface area contributed by atoms with E-state index in [1.165, 1.54) is 11.3 Å². The molecule has 5 nitrogen and oxygen atoms in total. The van der Waals surface area contributed by atoms with Crippen LogP contribution in [0.4, 0.5) is 10.5 Å². The highest BCUT2D eigenvalue weighted by atomic mass is 16.6. The number of hydrogen-bond acceptors (Lipinski definition) is 4. The lowest BCUT2D eigenvalue weighted by molar-refractivity contribution is 0.0529. The van der Waals surface area contributed by atoms with Crippen molar-refractivity contribution in [3.8, 4) is 0 Å². The highest BCUT2D eigenvalue weighted by Gasteiger charge is 2.37. The van der Waals surface area contributed by atoms with Gasteiger partial charge < -0.3 is 9.64 Å². The average Bonchev–Trinajstić information content (AvgIpc) is 2.62. The van der Waals surface area contributed by atoms with Gasteiger partial charge in [-0.25, -0.2) is 10.2 Å². The van der Waals surface area contributed by atoms with E-state index in [1.807, 2.05) is 40.0 Å². The molecular formula is C18H25N3O2. The third kappa shape index (κ3) is 3.73. The van der Waals surface area contributed by atoms with E-state index in [-0.39, 0.29) is 5.41 Å². The van der Waals surface area contributed by atoms with Crippen LogP contribution in [0, 0.1) is 0 Å². The number of para-hydroxylation sites is 1. The number of ether oxygens (including phenoxy) is 1. The number of rotatable bonds is 2. The number of anilines is 1. The summed E-state index contributed by atoms with van der Waals surface area (Å²) in [5, 5.41) is 3.93. The zero-order valence-corrected chi connectivity index (χ0v) is 14.7. The zero-order valence-electron chi connectivity index (χ0n) is 14.7. The number of nitrogens with zero attached hydrogens (tertiary/aromatic N) is 2. The number of hydrazone groups is 1. The summed E-state index contributed by atoms with van der Waals surface area (Å²) in [6.45, 7) is 9.79. The molecule has 124 valence electrons. The van der Waals surface area contributed by atoms with Crippen molar-refractivity contribution in [2.24, 2.45) is 5.10 Å². The minimum absolute atomic E-state index is 0.108. The lowest BCUT2D eigenvalue weighted by Gasteiger charge is -2.23. The molecule has 0 fully saturated rings. The van der Waals surface area contributed by atoms with Crippen LogP contribution in [0.2, 0.25) is 0 Å². The quantitative estimate of drug-likeness (QED) is 0.667. The van der Waals surface area contributed by atoms with E-state index >= 15 is 0 Å². The highest BCUT2D eigenvalue weighted by molar-refractivity contribution is 5.80. The van der Waals surface area contributed by atoms with Crippen LogP contribution in [0.15, 0.2) is 41.1 Å². The Morgan fingerprint density at radius 1 is 1.30 bits per heavy atom. The third-order valence-electron chi connectivity index (χ3n) is 3.80. The molecule has 2 rings (SSSR count). The van der Waals surface area contributed by atoms with Crippen molar-refractivity contribution >= 4 is 18.0 Å². The molecule has 0 unspecified atom stereocenters. The molecule has 5 heteroatoms. The summed E-state index contributed by atoms with van der Waals surface area (Å²) in [6.07, 6.45) is 2.94. The van der Waals surface area contributed by atoms with Crippen molar-refractivity contribution in [2.75, 3.05) is 11.9 Å². The Kier molecular flexibility index (Phi) is 4.50. The number of fused-ring (bicyclic) bond motifs is 1. The Hall–Kier alpha value is -2.30. The van der Waals surface area contributed by atoms with Gasteiger partial charge in [-0.3, -0.25) is 0 Å². The van der Waals surface area contributed by atoms with Gasteiger partial charge in [-0.05, 0) is 38.5 Å². The fourth-order valence-corrected chi connectivity index (χ4v) is 2.80. The van der Waals surface area contributed by atoms with E-state index in [0.29, 0.717) is 0 Å². The second-order valence-electron chi connectivity index (χ2n) is 7.14. The number of allylic oxidation sites excluding steroid dienone is 2. The molecule has 1 heterocycles. The van der Waals surface area contributed by atoms with Crippen LogP contribution in [0.25, 0.3) is 0 Å². The first kappa shape index (κ1) is 17.1. The van der Waals surface area contributed by atoms with E-state index in [9.17, 15) is 4.79 Å². The zero-order chi connectivity index (χ0) is 17.3. The highest BCUT2D eigenvalue weighted by Crippen LogP contribution is 2.46. The number of amides is 1. The molecule has 1 aliphatic rings. The Labute approximate surface area is 138 Å². The first-order valence-corrected chi connectivity index (χ1v) is 7.69. The molecule has 1 aromatic carbocycles. The van der Waals surface area contributed by atoms with E-state index in [4.69, 9.17) is 4.74 Å². The third-order valence-corrected chi connectivity index (χ3v) is 3.80. The van der Waals surface area contributed by atoms with Crippen LogP contribution in [0.3, 0.4) is 0 Å². The number of carbonyl (C=O) groups excluding carboxylic acids is 1. The van der Waals surface area contributed by atoms with Crippen molar-refractivity contribution in [3.63, 3.8) is 0 Å². The van der Waals surface area contributed by atoms with Crippen LogP contribution in [0.1, 0.15) is 40.2 Å². The maximum absolute atomic E-state index is 11.5. The van der Waals surface area contributed by atoms with E-state index in [2.05, 4.69) is 47.5 Å². The maximum atomic E-state index is 11.5. The van der Waals surface area contributed by atoms with E-state index in [0.717, 1.165) is 5.70 Å². The first-order chi connectivity index (χ1) is 10.6. The maximum Gasteiger partial charge on any atom is 0.428 e. The molecule has 1 N–H and O–H groups in total. The number of carbonyl (C=O) groups is 1. The molecule has 0 aromatic heterocycles. The molecule has 0 saturated heterocycles. The predicted octanol–water partition coefficient (Wildman–Crippen LogP) is 3.81. The molecular weight excluding hydrogens is 290 g/mol. The van der Waals surface area contributed by atoms with Crippen LogP contribution < -0.4 is 10.3 Å². The molecule has 0 radical (unpaired) electrons. The number of likely N-dealkylation sites (N-methyl/N-ethyl adjacent to an activating group) is 1. The largest absolute Gasteiger partial charge is 0.443 e. The average molecular weight is 315 g/mol. The smallest absolute Gasteiger partial charge is 0.428 e. The number of nitrogens with one attached hydrogen (secondary N) is 1. The fourth-order valence-electron chi connectivity index (χ4n) is 2.80. The predicted molar refractivity (Wildman–Crippen MR) is 93.8 cm³/mol. The Morgan fingerprint density at radius 3 is 2.57 bits per heavy atom. The first-order valence-electron chi connectivity index (χ1n) is 7.69. The van der Waals surface area contributed by atoms with E-state index < -0.39 is 11.7 Å². The molecule has 0 bridgehead atoms. The van der Waals surface area contributed by atoms with Gasteiger partial charge in [0.15, 0.2) is 0 Å². The number of hydrogen-bond donors (Lipinski definition) is 1. The van der Waals surface area contributed by atoms with Gasteiger partial charge in [0, 0.05) is 30.1 Å². The molecule has 0 saturated carbocycles. The van der Waals surface area contributed by atoms with E-state index in [1.54, 1.807) is 6.21 Å². The minimum atomic E-state index is -0.561. The van der Waals surface area contributed by atoms with Crippen molar-refractivity contribution in [1.29, 1.82) is 0 Å². The van der Waals surface area contributed by atoms with Crippen LogP contribution >= 0.6 is 0 Å². The molecule has 0 aliphatic carbocycles. The lowest BCUT2D eigenvalue weighted by Crippen LogP contribution is -2.29. The second kappa shape index (κ2) is 6.07.